The van der Waals surface area contributed by atoms with Crippen LogP contribution in [0.1, 0.15) is 49.7 Å². The maximum Gasteiger partial charge on any atom is 0.266 e. The van der Waals surface area contributed by atoms with E-state index in [1.165, 1.54) is 12.1 Å². The van der Waals surface area contributed by atoms with E-state index in [0.29, 0.717) is 47.9 Å². The summed E-state index contributed by atoms with van der Waals surface area (Å²) in [5.74, 6) is 0.270. The Hall–Kier alpha value is -3.43. The van der Waals surface area contributed by atoms with E-state index < -0.39 is 29.3 Å². The summed E-state index contributed by atoms with van der Waals surface area (Å²) in [4.78, 5) is 27.2. The molecule has 3 heterocycles. The summed E-state index contributed by atoms with van der Waals surface area (Å²) in [7, 11) is 0. The van der Waals surface area contributed by atoms with E-state index in [1.54, 1.807) is 20.0 Å². The molecule has 2 aromatic heterocycles. The number of alkyl halides is 2. The number of primary amides is 1. The monoisotopic (exact) mass is 458 g/mol. The van der Waals surface area contributed by atoms with Gasteiger partial charge in [-0.2, -0.15) is 0 Å². The molecule has 1 fully saturated rings. The Balaban J connectivity index is 1.69. The van der Waals surface area contributed by atoms with Crippen LogP contribution in [0.15, 0.2) is 30.5 Å². The number of halogens is 3. The van der Waals surface area contributed by atoms with Gasteiger partial charge in [-0.3, -0.25) is 4.79 Å². The number of pyridine rings is 1. The van der Waals surface area contributed by atoms with Crippen molar-refractivity contribution in [3.05, 3.63) is 53.2 Å². The lowest BCUT2D eigenvalue weighted by atomic mass is 9.89. The van der Waals surface area contributed by atoms with Gasteiger partial charge in [0.15, 0.2) is 0 Å². The Morgan fingerprint density at radius 1 is 1.27 bits per heavy atom. The number of anilines is 2. The lowest BCUT2D eigenvalue weighted by Gasteiger charge is -2.22. The molecule has 3 aromatic rings. The second-order valence-corrected chi connectivity index (χ2v) is 8.69. The molecule has 0 aliphatic carbocycles. The maximum absolute atomic E-state index is 14.7. The summed E-state index contributed by atoms with van der Waals surface area (Å²) in [6, 6.07) is 5.13. The van der Waals surface area contributed by atoms with Gasteiger partial charge < -0.3 is 16.0 Å². The molecule has 4 rings (SSSR count). The number of aromatic nitrogens is 3. The second kappa shape index (κ2) is 8.49. The van der Waals surface area contributed by atoms with Crippen LogP contribution in [0.25, 0.3) is 10.9 Å². The average Bonchev–Trinajstić information content (AvgIpc) is 3.17. The molecule has 1 amide bonds. The smallest absolute Gasteiger partial charge is 0.266 e. The van der Waals surface area contributed by atoms with Crippen LogP contribution in [0.5, 0.6) is 0 Å². The number of hydrogen-bond donors (Lipinski definition) is 2. The van der Waals surface area contributed by atoms with E-state index >= 15 is 0 Å². The number of nitrogens with two attached hydrogens (primary N) is 1. The molecular weight excluding hydrogens is 433 g/mol. The summed E-state index contributed by atoms with van der Waals surface area (Å²) in [6.45, 7) is 6.30. The fraction of sp³-hybridized carbons (Fsp3) is 0.391. The fourth-order valence-electron chi connectivity index (χ4n) is 4.13. The van der Waals surface area contributed by atoms with Crippen molar-refractivity contribution in [2.24, 2.45) is 11.1 Å². The Morgan fingerprint density at radius 2 is 2.00 bits per heavy atom. The summed E-state index contributed by atoms with van der Waals surface area (Å²) in [5, 5.41) is 3.79. The lowest BCUT2D eigenvalue weighted by Crippen LogP contribution is -2.37. The fourth-order valence-corrected chi connectivity index (χ4v) is 4.13. The molecule has 33 heavy (non-hydrogen) atoms. The first-order chi connectivity index (χ1) is 15.6. The number of fused-ring (bicyclic) bond motifs is 1. The number of hydrogen-bond acceptors (Lipinski definition) is 6. The third-order valence-electron chi connectivity index (χ3n) is 6.18. The number of carbonyl (C=O) groups excluding carboxylic acids is 1. The van der Waals surface area contributed by atoms with Gasteiger partial charge in [0.25, 0.3) is 6.43 Å². The molecule has 0 bridgehead atoms. The topological polar surface area (TPSA) is 97.0 Å². The van der Waals surface area contributed by atoms with Crippen LogP contribution in [0.3, 0.4) is 0 Å². The largest absolute Gasteiger partial charge is 0.369 e. The predicted molar refractivity (Wildman–Crippen MR) is 120 cm³/mol. The summed E-state index contributed by atoms with van der Waals surface area (Å²) >= 11 is 0. The van der Waals surface area contributed by atoms with Gasteiger partial charge in [-0.25, -0.2) is 28.1 Å². The van der Waals surface area contributed by atoms with Crippen LogP contribution >= 0.6 is 0 Å². The first-order valence-electron chi connectivity index (χ1n) is 10.6. The van der Waals surface area contributed by atoms with Crippen LogP contribution in [-0.4, -0.2) is 33.9 Å². The van der Waals surface area contributed by atoms with Gasteiger partial charge in [0.05, 0.1) is 28.7 Å². The van der Waals surface area contributed by atoms with Gasteiger partial charge in [0.2, 0.25) is 5.91 Å². The van der Waals surface area contributed by atoms with Crippen molar-refractivity contribution < 1.29 is 18.0 Å². The summed E-state index contributed by atoms with van der Waals surface area (Å²) < 4.78 is 40.9. The lowest BCUT2D eigenvalue weighted by molar-refractivity contribution is -0.125. The molecule has 0 saturated carbocycles. The number of benzene rings is 1. The van der Waals surface area contributed by atoms with E-state index in [1.807, 2.05) is 17.9 Å². The van der Waals surface area contributed by atoms with Gasteiger partial charge in [-0.1, -0.05) is 18.2 Å². The van der Waals surface area contributed by atoms with Crippen molar-refractivity contribution >= 4 is 28.4 Å². The Morgan fingerprint density at radius 3 is 2.67 bits per heavy atom. The zero-order valence-corrected chi connectivity index (χ0v) is 18.6. The first-order valence-corrected chi connectivity index (χ1v) is 10.6. The molecule has 2 atom stereocenters. The zero-order valence-electron chi connectivity index (χ0n) is 18.6. The van der Waals surface area contributed by atoms with E-state index in [4.69, 9.17) is 5.73 Å². The second-order valence-electron chi connectivity index (χ2n) is 8.69. The van der Waals surface area contributed by atoms with E-state index in [2.05, 4.69) is 20.3 Å². The minimum absolute atomic E-state index is 0.114. The highest BCUT2D eigenvalue weighted by molar-refractivity contribution is 5.91. The molecule has 3 N–H and O–H groups in total. The van der Waals surface area contributed by atoms with Crippen molar-refractivity contribution in [3.63, 3.8) is 0 Å². The summed E-state index contributed by atoms with van der Waals surface area (Å²) in [5.41, 5.74) is 4.99. The van der Waals surface area contributed by atoms with Gasteiger partial charge in [-0.05, 0) is 33.3 Å². The zero-order chi connectivity index (χ0) is 23.9. The molecule has 0 unspecified atom stereocenters. The Kier molecular flexibility index (Phi) is 5.85. The molecule has 1 aliphatic rings. The van der Waals surface area contributed by atoms with Crippen LogP contribution in [0.4, 0.5) is 24.8 Å². The summed E-state index contributed by atoms with van der Waals surface area (Å²) in [6.07, 6.45) is -0.666. The van der Waals surface area contributed by atoms with Crippen molar-refractivity contribution in [3.8, 4) is 0 Å². The van der Waals surface area contributed by atoms with Crippen LogP contribution in [-0.2, 0) is 4.79 Å². The molecule has 1 saturated heterocycles. The van der Waals surface area contributed by atoms with E-state index in [9.17, 15) is 18.0 Å². The van der Waals surface area contributed by atoms with E-state index in [0.717, 1.165) is 6.07 Å². The molecule has 0 radical (unpaired) electrons. The Labute approximate surface area is 189 Å². The maximum atomic E-state index is 14.7. The third kappa shape index (κ3) is 4.29. The first kappa shape index (κ1) is 22.8. The molecule has 0 spiro atoms. The van der Waals surface area contributed by atoms with E-state index in [-0.39, 0.29) is 11.5 Å². The molecule has 1 aromatic carbocycles. The van der Waals surface area contributed by atoms with Crippen LogP contribution in [0, 0.1) is 18.2 Å². The molecule has 174 valence electrons. The molecule has 10 heteroatoms. The number of nitrogens with one attached hydrogen (secondary N) is 1. The van der Waals surface area contributed by atoms with Crippen molar-refractivity contribution in [1.82, 2.24) is 15.0 Å². The highest BCUT2D eigenvalue weighted by atomic mass is 19.3. The number of aryl methyl sites for hydroxylation is 1. The quantitative estimate of drug-likeness (QED) is 0.572. The highest BCUT2D eigenvalue weighted by Gasteiger charge is 2.39. The van der Waals surface area contributed by atoms with Crippen molar-refractivity contribution in [1.29, 1.82) is 0 Å². The minimum Gasteiger partial charge on any atom is -0.369 e. The van der Waals surface area contributed by atoms with Gasteiger partial charge in [0.1, 0.15) is 23.3 Å². The van der Waals surface area contributed by atoms with Crippen LogP contribution < -0.4 is 16.0 Å². The molecule has 1 aliphatic heterocycles. The number of rotatable bonds is 6. The molecule has 7 nitrogen and oxygen atoms in total. The SMILES string of the molecule is Cc1nc(N[C@H](C)c2cccc(C(F)F)c2F)c2cc(N3CC[C@@](C)(C(N)=O)C3)ncc2n1. The number of amides is 1. The molecular formula is C23H25F3N6O. The number of carbonyl (C=O) groups is 1. The Bertz CT molecular complexity index is 1220. The predicted octanol–water partition coefficient (Wildman–Crippen LogP) is 4.28. The van der Waals surface area contributed by atoms with Gasteiger partial charge in [-0.15, -0.1) is 0 Å². The average molecular weight is 458 g/mol. The normalized spacial score (nSPS) is 19.3. The third-order valence-corrected chi connectivity index (χ3v) is 6.18. The van der Waals surface area contributed by atoms with Gasteiger partial charge in [0, 0.05) is 24.0 Å². The number of nitrogens with zero attached hydrogens (tertiary/aromatic N) is 4. The van der Waals surface area contributed by atoms with Crippen LogP contribution in [0.2, 0.25) is 0 Å². The van der Waals surface area contributed by atoms with Crippen molar-refractivity contribution in [2.45, 2.75) is 39.7 Å². The standard InChI is InChI=1S/C23H25F3N6O/c1-12(14-5-4-6-15(19(14)24)20(25)26)29-21-16-9-18(28-10-17(16)30-13(2)31-21)32-8-7-23(3,11-32)22(27)33/h4-6,9-10,12,20H,7-8,11H2,1-3H3,(H2,27,33)(H,29,30,31)/t12-,23-/m1/s1. The highest BCUT2D eigenvalue weighted by Crippen LogP contribution is 2.35. The van der Waals surface area contributed by atoms with Crippen molar-refractivity contribution in [2.75, 3.05) is 23.3 Å². The minimum atomic E-state index is -2.90. The van der Waals surface area contributed by atoms with Gasteiger partial charge >= 0.3 is 0 Å².